The SMILES string of the molecule is CCCOc1cccc(CNC(=O)CN2CCNC[C@@H]2C)c1.Cl. The third-order valence-corrected chi connectivity index (χ3v) is 3.85. The van der Waals surface area contributed by atoms with Gasteiger partial charge in [-0.05, 0) is 31.0 Å². The Morgan fingerprint density at radius 1 is 1.48 bits per heavy atom. The minimum absolute atomic E-state index is 0. The highest BCUT2D eigenvalue weighted by molar-refractivity contribution is 5.85. The zero-order valence-corrected chi connectivity index (χ0v) is 14.8. The number of benzene rings is 1. The summed E-state index contributed by atoms with van der Waals surface area (Å²) >= 11 is 0. The maximum atomic E-state index is 12.1. The van der Waals surface area contributed by atoms with E-state index in [9.17, 15) is 4.79 Å². The third kappa shape index (κ3) is 6.77. The summed E-state index contributed by atoms with van der Waals surface area (Å²) in [7, 11) is 0. The van der Waals surface area contributed by atoms with Gasteiger partial charge in [0.15, 0.2) is 0 Å². The smallest absolute Gasteiger partial charge is 0.234 e. The van der Waals surface area contributed by atoms with Crippen LogP contribution in [0.2, 0.25) is 0 Å². The number of hydrogen-bond donors (Lipinski definition) is 2. The Hall–Kier alpha value is -1.30. The average molecular weight is 342 g/mol. The Morgan fingerprint density at radius 2 is 2.30 bits per heavy atom. The van der Waals surface area contributed by atoms with Crippen molar-refractivity contribution >= 4 is 18.3 Å². The van der Waals surface area contributed by atoms with Gasteiger partial charge < -0.3 is 15.4 Å². The highest BCUT2D eigenvalue weighted by atomic mass is 35.5. The number of carbonyl (C=O) groups excluding carboxylic acids is 1. The summed E-state index contributed by atoms with van der Waals surface area (Å²) in [5.74, 6) is 0.943. The van der Waals surface area contributed by atoms with E-state index in [0.717, 1.165) is 44.0 Å². The first kappa shape index (κ1) is 19.7. The molecule has 2 N–H and O–H groups in total. The van der Waals surface area contributed by atoms with E-state index in [0.29, 0.717) is 19.1 Å². The van der Waals surface area contributed by atoms with Crippen LogP contribution in [-0.4, -0.2) is 49.6 Å². The van der Waals surface area contributed by atoms with Gasteiger partial charge in [-0.2, -0.15) is 0 Å². The number of rotatable bonds is 7. The van der Waals surface area contributed by atoms with Gasteiger partial charge in [0.05, 0.1) is 13.2 Å². The van der Waals surface area contributed by atoms with Crippen molar-refractivity contribution in [2.45, 2.75) is 32.9 Å². The van der Waals surface area contributed by atoms with Gasteiger partial charge >= 0.3 is 0 Å². The van der Waals surface area contributed by atoms with Crippen LogP contribution in [0.4, 0.5) is 0 Å². The van der Waals surface area contributed by atoms with E-state index in [1.807, 2.05) is 24.3 Å². The largest absolute Gasteiger partial charge is 0.494 e. The number of nitrogens with one attached hydrogen (secondary N) is 2. The van der Waals surface area contributed by atoms with Gasteiger partial charge in [-0.1, -0.05) is 19.1 Å². The maximum absolute atomic E-state index is 12.1. The van der Waals surface area contributed by atoms with Crippen molar-refractivity contribution in [3.8, 4) is 5.75 Å². The van der Waals surface area contributed by atoms with Crippen molar-refractivity contribution in [2.24, 2.45) is 0 Å². The van der Waals surface area contributed by atoms with Crippen LogP contribution in [0.1, 0.15) is 25.8 Å². The summed E-state index contributed by atoms with van der Waals surface area (Å²) in [6.45, 7) is 8.79. The summed E-state index contributed by atoms with van der Waals surface area (Å²) < 4.78 is 5.61. The molecule has 0 unspecified atom stereocenters. The summed E-state index contributed by atoms with van der Waals surface area (Å²) in [4.78, 5) is 14.3. The van der Waals surface area contributed by atoms with E-state index in [-0.39, 0.29) is 18.3 Å². The number of amides is 1. The van der Waals surface area contributed by atoms with E-state index >= 15 is 0 Å². The predicted molar refractivity (Wildman–Crippen MR) is 95.2 cm³/mol. The highest BCUT2D eigenvalue weighted by Crippen LogP contribution is 2.13. The number of carbonyl (C=O) groups is 1. The molecule has 1 heterocycles. The quantitative estimate of drug-likeness (QED) is 0.794. The molecule has 0 aromatic heterocycles. The molecule has 0 saturated carbocycles. The molecule has 0 spiro atoms. The topological polar surface area (TPSA) is 53.6 Å². The fraction of sp³-hybridized carbons (Fsp3) is 0.588. The van der Waals surface area contributed by atoms with Crippen LogP contribution in [0, 0.1) is 0 Å². The number of ether oxygens (including phenoxy) is 1. The normalized spacial score (nSPS) is 18.1. The van der Waals surface area contributed by atoms with Crippen LogP contribution in [-0.2, 0) is 11.3 Å². The molecule has 5 nitrogen and oxygen atoms in total. The van der Waals surface area contributed by atoms with Crippen molar-refractivity contribution in [2.75, 3.05) is 32.8 Å². The number of piperazine rings is 1. The van der Waals surface area contributed by atoms with Crippen molar-refractivity contribution < 1.29 is 9.53 Å². The first-order valence-corrected chi connectivity index (χ1v) is 8.12. The van der Waals surface area contributed by atoms with E-state index < -0.39 is 0 Å². The molecule has 1 aliphatic rings. The minimum Gasteiger partial charge on any atom is -0.494 e. The lowest BCUT2D eigenvalue weighted by molar-refractivity contribution is -0.123. The average Bonchev–Trinajstić information content (AvgIpc) is 2.53. The van der Waals surface area contributed by atoms with Crippen LogP contribution in [0.25, 0.3) is 0 Å². The first-order valence-electron chi connectivity index (χ1n) is 8.12. The second-order valence-electron chi connectivity index (χ2n) is 5.80. The lowest BCUT2D eigenvalue weighted by atomic mass is 10.2. The lowest BCUT2D eigenvalue weighted by Gasteiger charge is -2.33. The van der Waals surface area contributed by atoms with Gasteiger partial charge in [-0.3, -0.25) is 9.69 Å². The Morgan fingerprint density at radius 3 is 3.04 bits per heavy atom. The molecule has 6 heteroatoms. The molecule has 1 atom stereocenters. The van der Waals surface area contributed by atoms with Crippen molar-refractivity contribution in [1.29, 1.82) is 0 Å². The number of hydrogen-bond acceptors (Lipinski definition) is 4. The lowest BCUT2D eigenvalue weighted by Crippen LogP contribution is -2.52. The van der Waals surface area contributed by atoms with E-state index in [1.54, 1.807) is 0 Å². The molecule has 1 aromatic rings. The van der Waals surface area contributed by atoms with Crippen LogP contribution in [0.3, 0.4) is 0 Å². The van der Waals surface area contributed by atoms with Gasteiger partial charge in [-0.25, -0.2) is 0 Å². The predicted octanol–water partition coefficient (Wildman–Crippen LogP) is 1.81. The molecule has 23 heavy (non-hydrogen) atoms. The van der Waals surface area contributed by atoms with Crippen molar-refractivity contribution in [1.82, 2.24) is 15.5 Å². The van der Waals surface area contributed by atoms with Gasteiger partial charge in [0, 0.05) is 32.2 Å². The molecule has 1 saturated heterocycles. The zero-order valence-electron chi connectivity index (χ0n) is 14.0. The number of nitrogens with zero attached hydrogens (tertiary/aromatic N) is 1. The number of halogens is 1. The van der Waals surface area contributed by atoms with Crippen molar-refractivity contribution in [3.63, 3.8) is 0 Å². The fourth-order valence-electron chi connectivity index (χ4n) is 2.52. The Kier molecular flexibility index (Phi) is 8.99. The maximum Gasteiger partial charge on any atom is 0.234 e. The third-order valence-electron chi connectivity index (χ3n) is 3.85. The van der Waals surface area contributed by atoms with Crippen LogP contribution in [0.5, 0.6) is 5.75 Å². The van der Waals surface area contributed by atoms with Gasteiger partial charge in [0.2, 0.25) is 5.91 Å². The van der Waals surface area contributed by atoms with E-state index in [4.69, 9.17) is 4.74 Å². The molecule has 0 aliphatic carbocycles. The Balaban J connectivity index is 0.00000264. The molecule has 1 aliphatic heterocycles. The van der Waals surface area contributed by atoms with E-state index in [2.05, 4.69) is 29.4 Å². The Labute approximate surface area is 145 Å². The monoisotopic (exact) mass is 341 g/mol. The van der Waals surface area contributed by atoms with Gasteiger partial charge in [-0.15, -0.1) is 12.4 Å². The second kappa shape index (κ2) is 10.5. The van der Waals surface area contributed by atoms with Gasteiger partial charge in [0.1, 0.15) is 5.75 Å². The minimum atomic E-state index is 0. The molecule has 130 valence electrons. The first-order chi connectivity index (χ1) is 10.7. The molecule has 1 aromatic carbocycles. The molecule has 0 radical (unpaired) electrons. The summed E-state index contributed by atoms with van der Waals surface area (Å²) in [6, 6.07) is 8.31. The van der Waals surface area contributed by atoms with Gasteiger partial charge in [0.25, 0.3) is 0 Å². The zero-order chi connectivity index (χ0) is 15.8. The van der Waals surface area contributed by atoms with E-state index in [1.165, 1.54) is 0 Å². The van der Waals surface area contributed by atoms with Crippen LogP contribution in [0.15, 0.2) is 24.3 Å². The second-order valence-corrected chi connectivity index (χ2v) is 5.80. The summed E-state index contributed by atoms with van der Waals surface area (Å²) in [5.41, 5.74) is 1.07. The fourth-order valence-corrected chi connectivity index (χ4v) is 2.52. The standard InChI is InChI=1S/C17H27N3O2.ClH/c1-3-9-22-16-6-4-5-15(10-16)12-19-17(21)13-20-8-7-18-11-14(20)2;/h4-6,10,14,18H,3,7-9,11-13H2,1-2H3,(H,19,21);1H/t14-;/m0./s1. The molecule has 0 bridgehead atoms. The summed E-state index contributed by atoms with van der Waals surface area (Å²) in [5, 5.41) is 6.32. The molecule has 2 rings (SSSR count). The Bertz CT molecular complexity index is 485. The van der Waals surface area contributed by atoms with Crippen LogP contribution < -0.4 is 15.4 Å². The molecular weight excluding hydrogens is 314 g/mol. The van der Waals surface area contributed by atoms with Crippen molar-refractivity contribution in [3.05, 3.63) is 29.8 Å². The summed E-state index contributed by atoms with van der Waals surface area (Å²) in [6.07, 6.45) is 0.990. The highest BCUT2D eigenvalue weighted by Gasteiger charge is 2.19. The molecular formula is C17H28ClN3O2. The molecule has 1 amide bonds. The molecule has 1 fully saturated rings. The van der Waals surface area contributed by atoms with Crippen LogP contribution >= 0.6 is 12.4 Å².